The fourth-order valence-corrected chi connectivity index (χ4v) is 6.13. The van der Waals surface area contributed by atoms with E-state index in [1.165, 1.54) is 33.1 Å². The van der Waals surface area contributed by atoms with Crippen LogP contribution in [0.3, 0.4) is 0 Å². The fraction of sp³-hybridized carbons (Fsp3) is 0.242. The van der Waals surface area contributed by atoms with Crippen molar-refractivity contribution in [2.75, 3.05) is 7.11 Å². The number of benzene rings is 3. The predicted octanol–water partition coefficient (Wildman–Crippen LogP) is 4.56. The minimum Gasteiger partial charge on any atom is -0.496 e. The predicted molar refractivity (Wildman–Crippen MR) is 153 cm³/mol. The molecule has 2 aliphatic rings. The molecule has 9 heteroatoms. The van der Waals surface area contributed by atoms with Gasteiger partial charge in [-0.1, -0.05) is 30.3 Å². The molecule has 2 aliphatic carbocycles. The first kappa shape index (κ1) is 27.1. The fourth-order valence-electron chi connectivity index (χ4n) is 6.13. The molecule has 0 amide bonds. The van der Waals surface area contributed by atoms with Crippen molar-refractivity contribution < 1.29 is 33.4 Å². The molecule has 9 nitrogen and oxygen atoms in total. The Hall–Kier alpha value is -5.05. The van der Waals surface area contributed by atoms with Crippen LogP contribution in [-0.2, 0) is 29.0 Å². The molecule has 0 radical (unpaired) electrons. The van der Waals surface area contributed by atoms with Gasteiger partial charge in [-0.2, -0.15) is 0 Å². The standard InChI is InChI=1S/C33H27NO8/c1-17(35)41-23-13-14-24(42-18(2)36)27-26(23)31(37)28-25(40-3)15-22-20-11-7-8-12-21(20)33(39)34(30(22)29(28)32(27)38)16-19-9-5-4-6-10-19/h4-6,9-10,13-15H,7-8,11-12,16H2,1-3H3. The second-order valence-corrected chi connectivity index (χ2v) is 10.4. The van der Waals surface area contributed by atoms with Gasteiger partial charge in [0.2, 0.25) is 11.6 Å². The maximum absolute atomic E-state index is 14.6. The number of ether oxygens (including phenoxy) is 3. The maximum atomic E-state index is 14.6. The van der Waals surface area contributed by atoms with Gasteiger partial charge in [0, 0.05) is 24.8 Å². The zero-order valence-electron chi connectivity index (χ0n) is 23.4. The van der Waals surface area contributed by atoms with Gasteiger partial charge in [-0.15, -0.1) is 0 Å². The quantitative estimate of drug-likeness (QED) is 0.225. The van der Waals surface area contributed by atoms with Crippen LogP contribution in [0.25, 0.3) is 10.9 Å². The van der Waals surface area contributed by atoms with E-state index in [1.54, 1.807) is 10.6 Å². The van der Waals surface area contributed by atoms with Crippen LogP contribution < -0.4 is 19.8 Å². The number of hydrogen-bond donors (Lipinski definition) is 0. The van der Waals surface area contributed by atoms with E-state index >= 15 is 0 Å². The third-order valence-corrected chi connectivity index (χ3v) is 7.78. The van der Waals surface area contributed by atoms with Crippen LogP contribution in [0.1, 0.15) is 75.2 Å². The van der Waals surface area contributed by atoms with E-state index < -0.39 is 23.5 Å². The number of nitrogens with zero attached hydrogens (tertiary/aromatic N) is 1. The van der Waals surface area contributed by atoms with Gasteiger partial charge < -0.3 is 18.8 Å². The van der Waals surface area contributed by atoms with E-state index in [0.29, 0.717) is 29.3 Å². The lowest BCUT2D eigenvalue weighted by molar-refractivity contribution is -0.133. The van der Waals surface area contributed by atoms with Crippen LogP contribution in [0.15, 0.2) is 53.3 Å². The smallest absolute Gasteiger partial charge is 0.308 e. The van der Waals surface area contributed by atoms with E-state index in [0.717, 1.165) is 24.0 Å². The summed E-state index contributed by atoms with van der Waals surface area (Å²) in [6.07, 6.45) is 3.00. The van der Waals surface area contributed by atoms with E-state index in [1.807, 2.05) is 30.3 Å². The molecular weight excluding hydrogens is 538 g/mol. The number of pyridine rings is 1. The Labute approximate surface area is 240 Å². The number of hydrogen-bond acceptors (Lipinski definition) is 8. The first-order chi connectivity index (χ1) is 20.2. The highest BCUT2D eigenvalue weighted by Gasteiger charge is 2.41. The SMILES string of the molecule is COc1cc2c3c(c(=O)n(Cc4ccccc4)c2c2c1C(=O)c1c(OC(C)=O)ccc(OC(C)=O)c1C2=O)CCCC3. The van der Waals surface area contributed by atoms with E-state index in [4.69, 9.17) is 14.2 Å². The lowest BCUT2D eigenvalue weighted by Crippen LogP contribution is -2.32. The minimum absolute atomic E-state index is 0.0170. The van der Waals surface area contributed by atoms with Crippen molar-refractivity contribution >= 4 is 34.4 Å². The molecule has 0 saturated heterocycles. The van der Waals surface area contributed by atoms with Crippen LogP contribution in [-0.4, -0.2) is 35.2 Å². The average molecular weight is 566 g/mol. The summed E-state index contributed by atoms with van der Waals surface area (Å²) in [5.74, 6) is -2.84. The van der Waals surface area contributed by atoms with Crippen molar-refractivity contribution in [3.63, 3.8) is 0 Å². The molecule has 4 aromatic rings. The zero-order chi connectivity index (χ0) is 29.7. The van der Waals surface area contributed by atoms with Gasteiger partial charge in [0.25, 0.3) is 5.56 Å². The van der Waals surface area contributed by atoms with Crippen molar-refractivity contribution in [2.24, 2.45) is 0 Å². The number of aryl methyl sites for hydroxylation is 1. The van der Waals surface area contributed by atoms with Crippen molar-refractivity contribution in [3.8, 4) is 17.2 Å². The molecule has 0 N–H and O–H groups in total. The molecule has 1 aromatic heterocycles. The molecule has 0 unspecified atom stereocenters. The Balaban J connectivity index is 1.75. The van der Waals surface area contributed by atoms with Crippen LogP contribution in [0.5, 0.6) is 17.2 Å². The molecule has 0 bridgehead atoms. The number of rotatable bonds is 5. The van der Waals surface area contributed by atoms with Crippen LogP contribution in [0.2, 0.25) is 0 Å². The first-order valence-corrected chi connectivity index (χ1v) is 13.7. The summed E-state index contributed by atoms with van der Waals surface area (Å²) in [6.45, 7) is 2.52. The number of carbonyl (C=O) groups excluding carboxylic acids is 4. The normalized spacial score (nSPS) is 13.7. The third kappa shape index (κ3) is 4.29. The van der Waals surface area contributed by atoms with Gasteiger partial charge in [0.1, 0.15) is 17.2 Å². The van der Waals surface area contributed by atoms with Crippen LogP contribution in [0, 0.1) is 0 Å². The third-order valence-electron chi connectivity index (χ3n) is 7.78. The molecule has 0 spiro atoms. The van der Waals surface area contributed by atoms with E-state index in [-0.39, 0.29) is 51.6 Å². The number of ketones is 2. The summed E-state index contributed by atoms with van der Waals surface area (Å²) in [6, 6.07) is 13.7. The molecular formula is C33H27NO8. The molecule has 6 rings (SSSR count). The summed E-state index contributed by atoms with van der Waals surface area (Å²) in [5.41, 5.74) is 1.98. The lowest BCUT2D eigenvalue weighted by atomic mass is 9.79. The Morgan fingerprint density at radius 3 is 1.86 bits per heavy atom. The molecule has 1 heterocycles. The monoisotopic (exact) mass is 565 g/mol. The first-order valence-electron chi connectivity index (χ1n) is 13.7. The maximum Gasteiger partial charge on any atom is 0.308 e. The van der Waals surface area contributed by atoms with Crippen molar-refractivity contribution in [1.82, 2.24) is 4.57 Å². The summed E-state index contributed by atoms with van der Waals surface area (Å²) in [4.78, 5) is 66.9. The van der Waals surface area contributed by atoms with Gasteiger partial charge >= 0.3 is 11.9 Å². The van der Waals surface area contributed by atoms with E-state index in [2.05, 4.69) is 0 Å². The minimum atomic E-state index is -0.700. The number of carbonyl (C=O) groups is 4. The topological polar surface area (TPSA) is 118 Å². The molecule has 212 valence electrons. The Morgan fingerprint density at radius 2 is 1.29 bits per heavy atom. The summed E-state index contributed by atoms with van der Waals surface area (Å²) in [5, 5.41) is 0.658. The number of methoxy groups -OCH3 is 1. The highest BCUT2D eigenvalue weighted by molar-refractivity contribution is 6.34. The summed E-state index contributed by atoms with van der Waals surface area (Å²) in [7, 11) is 1.41. The largest absolute Gasteiger partial charge is 0.496 e. The summed E-state index contributed by atoms with van der Waals surface area (Å²) < 4.78 is 17.9. The number of fused-ring (bicyclic) bond motifs is 6. The Morgan fingerprint density at radius 1 is 0.738 bits per heavy atom. The molecule has 0 aliphatic heterocycles. The average Bonchev–Trinajstić information content (AvgIpc) is 2.97. The van der Waals surface area contributed by atoms with Gasteiger partial charge in [0.15, 0.2) is 0 Å². The van der Waals surface area contributed by atoms with Crippen LogP contribution in [0.4, 0.5) is 0 Å². The number of esters is 2. The summed E-state index contributed by atoms with van der Waals surface area (Å²) >= 11 is 0. The highest BCUT2D eigenvalue weighted by atomic mass is 16.5. The van der Waals surface area contributed by atoms with Crippen molar-refractivity contribution in [2.45, 2.75) is 46.1 Å². The van der Waals surface area contributed by atoms with Crippen molar-refractivity contribution in [3.05, 3.63) is 97.8 Å². The van der Waals surface area contributed by atoms with Gasteiger partial charge in [0.05, 0.1) is 41.4 Å². The van der Waals surface area contributed by atoms with Gasteiger partial charge in [-0.3, -0.25) is 24.0 Å². The molecule has 42 heavy (non-hydrogen) atoms. The van der Waals surface area contributed by atoms with Gasteiger partial charge in [-0.25, -0.2) is 0 Å². The number of aromatic nitrogens is 1. The van der Waals surface area contributed by atoms with Crippen LogP contribution >= 0.6 is 0 Å². The van der Waals surface area contributed by atoms with E-state index in [9.17, 15) is 24.0 Å². The molecule has 0 fully saturated rings. The molecule has 0 atom stereocenters. The van der Waals surface area contributed by atoms with Gasteiger partial charge in [-0.05, 0) is 55.0 Å². The lowest BCUT2D eigenvalue weighted by Gasteiger charge is -2.28. The van der Waals surface area contributed by atoms with Crippen molar-refractivity contribution in [1.29, 1.82) is 0 Å². The zero-order valence-corrected chi connectivity index (χ0v) is 23.4. The highest BCUT2D eigenvalue weighted by Crippen LogP contribution is 2.45. The second-order valence-electron chi connectivity index (χ2n) is 10.4. The molecule has 3 aromatic carbocycles. The Kier molecular flexibility index (Phi) is 6.73. The second kappa shape index (κ2) is 10.4. The molecule has 0 saturated carbocycles. The Bertz CT molecular complexity index is 1900.